The lowest BCUT2D eigenvalue weighted by Gasteiger charge is -2.32. The highest BCUT2D eigenvalue weighted by Gasteiger charge is 2.48. The molecule has 2 heterocycles. The van der Waals surface area contributed by atoms with Gasteiger partial charge in [-0.05, 0) is 62.5 Å². The van der Waals surface area contributed by atoms with Crippen LogP contribution in [0.5, 0.6) is 5.75 Å². The number of hydrogen-bond donors (Lipinski definition) is 1. The number of ether oxygens (including phenoxy) is 1. The standard InChI is InChI=1S/C18H21NO3S/c1-9-8-23-16-13(20)6-12-15(14(9)16)11-5-10(11)7-19(12)17(21)22-18(2,3)4/h6,8,10-11,20H,5,7H2,1-4H3/t10-,11-/m0/s1. The molecule has 122 valence electrons. The van der Waals surface area contributed by atoms with Crippen molar-refractivity contribution in [2.24, 2.45) is 5.92 Å². The summed E-state index contributed by atoms with van der Waals surface area (Å²) < 4.78 is 6.50. The number of aryl methyl sites for hydroxylation is 1. The van der Waals surface area contributed by atoms with Gasteiger partial charge in [0.1, 0.15) is 11.4 Å². The summed E-state index contributed by atoms with van der Waals surface area (Å²) in [5.74, 6) is 1.28. The van der Waals surface area contributed by atoms with Gasteiger partial charge in [-0.15, -0.1) is 11.3 Å². The van der Waals surface area contributed by atoms with Crippen LogP contribution in [0.25, 0.3) is 10.1 Å². The van der Waals surface area contributed by atoms with Crippen molar-refractivity contribution in [1.29, 1.82) is 0 Å². The fourth-order valence-corrected chi connectivity index (χ4v) is 4.57. The Balaban J connectivity index is 1.87. The van der Waals surface area contributed by atoms with Gasteiger partial charge in [0.15, 0.2) is 0 Å². The fourth-order valence-electron chi connectivity index (χ4n) is 3.59. The second-order valence-corrected chi connectivity index (χ2v) is 8.52. The fraction of sp³-hybridized carbons (Fsp3) is 0.500. The lowest BCUT2D eigenvalue weighted by atomic mass is 9.95. The maximum Gasteiger partial charge on any atom is 0.414 e. The summed E-state index contributed by atoms with van der Waals surface area (Å²) >= 11 is 1.57. The summed E-state index contributed by atoms with van der Waals surface area (Å²) in [7, 11) is 0. The van der Waals surface area contributed by atoms with Crippen molar-refractivity contribution in [3.05, 3.63) is 22.6 Å². The zero-order valence-corrected chi connectivity index (χ0v) is 14.7. The van der Waals surface area contributed by atoms with Gasteiger partial charge in [-0.3, -0.25) is 4.90 Å². The molecule has 0 spiro atoms. The van der Waals surface area contributed by atoms with Crippen molar-refractivity contribution in [3.8, 4) is 5.75 Å². The van der Waals surface area contributed by atoms with E-state index in [1.54, 1.807) is 22.3 Å². The van der Waals surface area contributed by atoms with Gasteiger partial charge in [-0.25, -0.2) is 4.79 Å². The number of rotatable bonds is 0. The van der Waals surface area contributed by atoms with Gasteiger partial charge >= 0.3 is 6.09 Å². The summed E-state index contributed by atoms with van der Waals surface area (Å²) in [5.41, 5.74) is 2.69. The van der Waals surface area contributed by atoms with Crippen molar-refractivity contribution in [3.63, 3.8) is 0 Å². The molecule has 1 aromatic heterocycles. The quantitative estimate of drug-likeness (QED) is 0.756. The van der Waals surface area contributed by atoms with Crippen LogP contribution in [-0.4, -0.2) is 23.3 Å². The van der Waals surface area contributed by atoms with Crippen LogP contribution in [0.15, 0.2) is 11.4 Å². The Hall–Kier alpha value is -1.75. The minimum atomic E-state index is -0.526. The third-order valence-corrected chi connectivity index (χ3v) is 5.76. The summed E-state index contributed by atoms with van der Waals surface area (Å²) in [6, 6.07) is 1.74. The van der Waals surface area contributed by atoms with Crippen LogP contribution in [0.3, 0.4) is 0 Å². The highest BCUT2D eigenvalue weighted by atomic mass is 32.1. The van der Waals surface area contributed by atoms with E-state index < -0.39 is 5.60 Å². The number of phenols is 1. The number of phenolic OH excluding ortho intramolecular Hbond substituents is 1. The highest BCUT2D eigenvalue weighted by Crippen LogP contribution is 2.59. The zero-order valence-electron chi connectivity index (χ0n) is 13.8. The number of thiophene rings is 1. The maximum atomic E-state index is 12.6. The second-order valence-electron chi connectivity index (χ2n) is 7.64. The van der Waals surface area contributed by atoms with E-state index in [9.17, 15) is 9.90 Å². The molecule has 1 aliphatic carbocycles. The first-order chi connectivity index (χ1) is 10.8. The lowest BCUT2D eigenvalue weighted by molar-refractivity contribution is 0.0577. The van der Waals surface area contributed by atoms with Gasteiger partial charge in [0, 0.05) is 18.0 Å². The van der Waals surface area contributed by atoms with Crippen LogP contribution >= 0.6 is 11.3 Å². The number of amides is 1. The van der Waals surface area contributed by atoms with Crippen LogP contribution in [0.2, 0.25) is 0 Å². The van der Waals surface area contributed by atoms with Crippen molar-refractivity contribution in [2.45, 2.75) is 45.6 Å². The molecular weight excluding hydrogens is 310 g/mol. The Labute approximate surface area is 139 Å². The molecule has 1 amide bonds. The first kappa shape index (κ1) is 14.8. The van der Waals surface area contributed by atoms with Crippen molar-refractivity contribution in [2.75, 3.05) is 11.4 Å². The van der Waals surface area contributed by atoms with Crippen LogP contribution in [0.4, 0.5) is 10.5 Å². The van der Waals surface area contributed by atoms with E-state index in [0.717, 1.165) is 22.2 Å². The predicted molar refractivity (Wildman–Crippen MR) is 92.7 cm³/mol. The number of carbonyl (C=O) groups is 1. The van der Waals surface area contributed by atoms with Gasteiger partial charge < -0.3 is 9.84 Å². The summed E-state index contributed by atoms with van der Waals surface area (Å²) in [6.45, 7) is 8.38. The largest absolute Gasteiger partial charge is 0.506 e. The third kappa shape index (κ3) is 2.29. The number of fused-ring (bicyclic) bond motifs is 5. The molecule has 2 aromatic rings. The number of carbonyl (C=O) groups excluding carboxylic acids is 1. The first-order valence-electron chi connectivity index (χ1n) is 8.00. The second kappa shape index (κ2) is 4.63. The molecule has 1 aliphatic heterocycles. The number of benzene rings is 1. The van der Waals surface area contributed by atoms with Crippen LogP contribution < -0.4 is 4.90 Å². The van der Waals surface area contributed by atoms with Gasteiger partial charge in [-0.2, -0.15) is 0 Å². The molecule has 23 heavy (non-hydrogen) atoms. The first-order valence-corrected chi connectivity index (χ1v) is 8.88. The smallest absolute Gasteiger partial charge is 0.414 e. The number of hydrogen-bond acceptors (Lipinski definition) is 4. The Bertz CT molecular complexity index is 818. The molecule has 5 heteroatoms. The van der Waals surface area contributed by atoms with Crippen LogP contribution in [-0.2, 0) is 4.74 Å². The maximum absolute atomic E-state index is 12.6. The molecule has 4 nitrogen and oxygen atoms in total. The van der Waals surface area contributed by atoms with Crippen molar-refractivity contribution < 1.29 is 14.6 Å². The molecule has 2 aliphatic rings. The summed E-state index contributed by atoms with van der Waals surface area (Å²) in [4.78, 5) is 14.3. The molecule has 1 fully saturated rings. The van der Waals surface area contributed by atoms with Crippen molar-refractivity contribution >= 4 is 33.2 Å². The average molecular weight is 331 g/mol. The van der Waals surface area contributed by atoms with E-state index in [1.165, 1.54) is 11.1 Å². The topological polar surface area (TPSA) is 49.8 Å². The summed E-state index contributed by atoms with van der Waals surface area (Å²) in [5, 5.41) is 13.6. The average Bonchev–Trinajstić information content (AvgIpc) is 3.11. The Morgan fingerprint density at radius 2 is 2.17 bits per heavy atom. The van der Waals surface area contributed by atoms with Gasteiger partial charge in [0.2, 0.25) is 0 Å². The number of aromatic hydroxyl groups is 1. The zero-order chi connectivity index (χ0) is 16.5. The molecule has 2 atom stereocenters. The highest BCUT2D eigenvalue weighted by molar-refractivity contribution is 7.17. The minimum absolute atomic E-state index is 0.254. The van der Waals surface area contributed by atoms with Gasteiger partial charge in [0.05, 0.1) is 10.4 Å². The minimum Gasteiger partial charge on any atom is -0.506 e. The Morgan fingerprint density at radius 1 is 1.43 bits per heavy atom. The van der Waals surface area contributed by atoms with E-state index in [-0.39, 0.29) is 11.8 Å². The lowest BCUT2D eigenvalue weighted by Crippen LogP contribution is -2.40. The third-order valence-electron chi connectivity index (χ3n) is 4.64. The van der Waals surface area contributed by atoms with Crippen LogP contribution in [0, 0.1) is 12.8 Å². The molecular formula is C18H21NO3S. The molecule has 0 saturated heterocycles. The number of nitrogens with zero attached hydrogens (tertiary/aromatic N) is 1. The Kier molecular flexibility index (Phi) is 2.98. The van der Waals surface area contributed by atoms with E-state index in [4.69, 9.17) is 4.74 Å². The molecule has 1 N–H and O–H groups in total. The molecule has 0 radical (unpaired) electrons. The van der Waals surface area contributed by atoms with E-state index in [1.807, 2.05) is 20.8 Å². The van der Waals surface area contributed by atoms with Gasteiger partial charge in [-0.1, -0.05) is 0 Å². The van der Waals surface area contributed by atoms with E-state index >= 15 is 0 Å². The monoisotopic (exact) mass is 331 g/mol. The number of anilines is 1. The van der Waals surface area contributed by atoms with Gasteiger partial charge in [0.25, 0.3) is 0 Å². The summed E-state index contributed by atoms with van der Waals surface area (Å²) in [6.07, 6.45) is 0.789. The van der Waals surface area contributed by atoms with E-state index in [2.05, 4.69) is 12.3 Å². The molecule has 0 bridgehead atoms. The van der Waals surface area contributed by atoms with E-state index in [0.29, 0.717) is 18.4 Å². The predicted octanol–water partition coefficient (Wildman–Crippen LogP) is 4.77. The van der Waals surface area contributed by atoms with Crippen molar-refractivity contribution in [1.82, 2.24) is 0 Å². The molecule has 0 unspecified atom stereocenters. The SMILES string of the molecule is Cc1csc2c(O)cc3c(c12)[C@H]1C[C@H]1CN3C(=O)OC(C)(C)C. The normalized spacial score (nSPS) is 22.7. The molecule has 1 aromatic carbocycles. The molecule has 4 rings (SSSR count). The molecule has 1 saturated carbocycles. The van der Waals surface area contributed by atoms with Crippen LogP contribution in [0.1, 0.15) is 44.2 Å². The Morgan fingerprint density at radius 3 is 2.87 bits per heavy atom.